The van der Waals surface area contributed by atoms with E-state index in [0.29, 0.717) is 10.9 Å². The number of para-hydroxylation sites is 1. The molecule has 0 spiro atoms. The first kappa shape index (κ1) is 9.39. The summed E-state index contributed by atoms with van der Waals surface area (Å²) in [6.07, 6.45) is 0. The van der Waals surface area contributed by atoms with E-state index < -0.39 is 4.92 Å². The normalized spacial score (nSPS) is 10.5. The maximum absolute atomic E-state index is 11.2. The molecular weight excluding hydrogens is 196 g/mol. The van der Waals surface area contributed by atoms with Crippen LogP contribution in [-0.4, -0.2) is 15.7 Å². The SMILES string of the molecule is CC(=O)c1[nH]c2ccccc2c1[N+](=O)[O-]. The Morgan fingerprint density at radius 3 is 2.67 bits per heavy atom. The molecule has 0 unspecified atom stereocenters. The van der Waals surface area contributed by atoms with E-state index in [2.05, 4.69) is 4.98 Å². The summed E-state index contributed by atoms with van der Waals surface area (Å²) in [7, 11) is 0. The summed E-state index contributed by atoms with van der Waals surface area (Å²) in [5.74, 6) is -0.335. The number of hydrogen-bond donors (Lipinski definition) is 1. The van der Waals surface area contributed by atoms with Gasteiger partial charge in [0.05, 0.1) is 15.8 Å². The van der Waals surface area contributed by atoms with Crippen molar-refractivity contribution in [2.45, 2.75) is 6.92 Å². The van der Waals surface area contributed by atoms with E-state index in [1.54, 1.807) is 24.3 Å². The number of carbonyl (C=O) groups excluding carboxylic acids is 1. The van der Waals surface area contributed by atoms with Gasteiger partial charge >= 0.3 is 5.69 Å². The van der Waals surface area contributed by atoms with Gasteiger partial charge in [0.2, 0.25) is 0 Å². The summed E-state index contributed by atoms with van der Waals surface area (Å²) in [5.41, 5.74) is 0.522. The molecule has 5 heteroatoms. The Hall–Kier alpha value is -2.17. The predicted octanol–water partition coefficient (Wildman–Crippen LogP) is 2.28. The molecule has 0 amide bonds. The zero-order chi connectivity index (χ0) is 11.0. The third-order valence-corrected chi connectivity index (χ3v) is 2.21. The highest BCUT2D eigenvalue weighted by Crippen LogP contribution is 2.29. The minimum absolute atomic E-state index is 0.0567. The highest BCUT2D eigenvalue weighted by molar-refractivity contribution is 6.05. The molecule has 2 aromatic rings. The van der Waals surface area contributed by atoms with Gasteiger partial charge in [-0.25, -0.2) is 0 Å². The van der Waals surface area contributed by atoms with Crippen LogP contribution < -0.4 is 0 Å². The molecule has 1 aromatic carbocycles. The van der Waals surface area contributed by atoms with Crippen LogP contribution in [0.5, 0.6) is 0 Å². The van der Waals surface area contributed by atoms with Gasteiger partial charge in [0.15, 0.2) is 11.5 Å². The molecule has 0 fully saturated rings. The number of nitrogens with one attached hydrogen (secondary N) is 1. The van der Waals surface area contributed by atoms with Gasteiger partial charge in [-0.15, -0.1) is 0 Å². The van der Waals surface area contributed by atoms with Crippen LogP contribution in [0.3, 0.4) is 0 Å². The minimum atomic E-state index is -0.532. The van der Waals surface area contributed by atoms with Crippen LogP contribution in [0.4, 0.5) is 5.69 Å². The number of carbonyl (C=O) groups is 1. The molecule has 0 aliphatic rings. The summed E-state index contributed by atoms with van der Waals surface area (Å²) in [6.45, 7) is 1.30. The number of fused-ring (bicyclic) bond motifs is 1. The zero-order valence-corrected chi connectivity index (χ0v) is 7.98. The smallest absolute Gasteiger partial charge is 0.305 e. The van der Waals surface area contributed by atoms with Gasteiger partial charge in [0, 0.05) is 6.92 Å². The van der Waals surface area contributed by atoms with Crippen LogP contribution in [-0.2, 0) is 0 Å². The van der Waals surface area contributed by atoms with Crippen LogP contribution >= 0.6 is 0 Å². The average molecular weight is 204 g/mol. The lowest BCUT2D eigenvalue weighted by Crippen LogP contribution is -1.98. The molecule has 1 aromatic heterocycles. The molecule has 1 heterocycles. The molecular formula is C10H8N2O3. The second-order valence-electron chi connectivity index (χ2n) is 3.21. The molecule has 0 saturated heterocycles. The molecule has 0 aliphatic carbocycles. The van der Waals surface area contributed by atoms with E-state index in [-0.39, 0.29) is 17.2 Å². The Labute approximate surface area is 84.9 Å². The number of aromatic amines is 1. The number of ketones is 1. The highest BCUT2D eigenvalue weighted by Gasteiger charge is 2.23. The topological polar surface area (TPSA) is 76.0 Å². The molecule has 0 bridgehead atoms. The van der Waals surface area contributed by atoms with Gasteiger partial charge < -0.3 is 4.98 Å². The van der Waals surface area contributed by atoms with E-state index >= 15 is 0 Å². The number of benzene rings is 1. The quantitative estimate of drug-likeness (QED) is 0.463. The molecule has 76 valence electrons. The number of nitro groups is 1. The predicted molar refractivity (Wildman–Crippen MR) is 55.0 cm³/mol. The average Bonchev–Trinajstić information content (AvgIpc) is 2.56. The fourth-order valence-electron chi connectivity index (χ4n) is 1.57. The molecule has 0 saturated carbocycles. The van der Waals surface area contributed by atoms with Crippen LogP contribution in [0.25, 0.3) is 10.9 Å². The standard InChI is InChI=1S/C10H8N2O3/c1-6(13)9-10(12(14)15)7-4-2-3-5-8(7)11-9/h2-5,11H,1H3. The van der Waals surface area contributed by atoms with Gasteiger partial charge in [-0.1, -0.05) is 12.1 Å². The Bertz CT molecular complexity index is 557. The Kier molecular flexibility index (Phi) is 2.00. The molecule has 0 radical (unpaired) electrons. The fraction of sp³-hybridized carbons (Fsp3) is 0.100. The number of rotatable bonds is 2. The first-order valence-electron chi connectivity index (χ1n) is 4.37. The monoisotopic (exact) mass is 204 g/mol. The molecule has 1 N–H and O–H groups in total. The van der Waals surface area contributed by atoms with Gasteiger partial charge in [0.25, 0.3) is 0 Å². The van der Waals surface area contributed by atoms with Crippen LogP contribution in [0.15, 0.2) is 24.3 Å². The third-order valence-electron chi connectivity index (χ3n) is 2.21. The van der Waals surface area contributed by atoms with Crippen molar-refractivity contribution in [1.29, 1.82) is 0 Å². The van der Waals surface area contributed by atoms with Crippen LogP contribution in [0.1, 0.15) is 17.4 Å². The van der Waals surface area contributed by atoms with Gasteiger partial charge in [-0.3, -0.25) is 14.9 Å². The Morgan fingerprint density at radius 1 is 1.40 bits per heavy atom. The van der Waals surface area contributed by atoms with Crippen molar-refractivity contribution in [1.82, 2.24) is 4.98 Å². The number of aromatic nitrogens is 1. The van der Waals surface area contributed by atoms with Gasteiger partial charge in [0.1, 0.15) is 0 Å². The maximum atomic E-state index is 11.2. The molecule has 5 nitrogen and oxygen atoms in total. The van der Waals surface area contributed by atoms with Gasteiger partial charge in [-0.05, 0) is 12.1 Å². The molecule has 15 heavy (non-hydrogen) atoms. The number of Topliss-reactive ketones (excluding diaryl/α,β-unsaturated/α-hetero) is 1. The number of hydrogen-bond acceptors (Lipinski definition) is 3. The zero-order valence-electron chi connectivity index (χ0n) is 7.98. The van der Waals surface area contributed by atoms with Gasteiger partial charge in [-0.2, -0.15) is 0 Å². The Morgan fingerprint density at radius 2 is 2.07 bits per heavy atom. The summed E-state index contributed by atoms with van der Waals surface area (Å²) < 4.78 is 0. The molecule has 0 atom stereocenters. The van der Waals surface area contributed by atoms with Crippen LogP contribution in [0, 0.1) is 10.1 Å². The van der Waals surface area contributed by atoms with Crippen molar-refractivity contribution < 1.29 is 9.72 Å². The summed E-state index contributed by atoms with van der Waals surface area (Å²) in [5, 5.41) is 11.3. The van der Waals surface area contributed by atoms with E-state index in [4.69, 9.17) is 0 Å². The van der Waals surface area contributed by atoms with Crippen molar-refractivity contribution >= 4 is 22.4 Å². The molecule has 0 aliphatic heterocycles. The van der Waals surface area contributed by atoms with Crippen molar-refractivity contribution in [3.8, 4) is 0 Å². The second kappa shape index (κ2) is 3.20. The summed E-state index contributed by atoms with van der Waals surface area (Å²) >= 11 is 0. The number of nitrogens with zero attached hydrogens (tertiary/aromatic N) is 1. The van der Waals surface area contributed by atoms with E-state index in [1.807, 2.05) is 0 Å². The first-order chi connectivity index (χ1) is 7.11. The van der Waals surface area contributed by atoms with Crippen molar-refractivity contribution in [3.63, 3.8) is 0 Å². The summed E-state index contributed by atoms with van der Waals surface area (Å²) in [6, 6.07) is 6.78. The lowest BCUT2D eigenvalue weighted by molar-refractivity contribution is -0.383. The van der Waals surface area contributed by atoms with Crippen LogP contribution in [0.2, 0.25) is 0 Å². The third kappa shape index (κ3) is 1.38. The lowest BCUT2D eigenvalue weighted by Gasteiger charge is -1.90. The van der Waals surface area contributed by atoms with E-state index in [1.165, 1.54) is 6.92 Å². The largest absolute Gasteiger partial charge is 0.346 e. The first-order valence-corrected chi connectivity index (χ1v) is 4.37. The second-order valence-corrected chi connectivity index (χ2v) is 3.21. The van der Waals surface area contributed by atoms with Crippen molar-refractivity contribution in [3.05, 3.63) is 40.1 Å². The van der Waals surface area contributed by atoms with E-state index in [9.17, 15) is 14.9 Å². The fourth-order valence-corrected chi connectivity index (χ4v) is 1.57. The van der Waals surface area contributed by atoms with E-state index in [0.717, 1.165) is 0 Å². The number of H-pyrrole nitrogens is 1. The lowest BCUT2D eigenvalue weighted by atomic mass is 10.2. The summed E-state index contributed by atoms with van der Waals surface area (Å²) in [4.78, 5) is 24.3. The minimum Gasteiger partial charge on any atom is -0.346 e. The Balaban J connectivity index is 2.86. The highest BCUT2D eigenvalue weighted by atomic mass is 16.6. The van der Waals surface area contributed by atoms with Crippen molar-refractivity contribution in [2.75, 3.05) is 0 Å². The maximum Gasteiger partial charge on any atom is 0.305 e. The van der Waals surface area contributed by atoms with Crippen molar-refractivity contribution in [2.24, 2.45) is 0 Å². The molecule has 2 rings (SSSR count).